The highest BCUT2D eigenvalue weighted by molar-refractivity contribution is 7.15. The molecular weight excluding hydrogens is 210 g/mol. The van der Waals surface area contributed by atoms with Crippen molar-refractivity contribution in [3.63, 3.8) is 0 Å². The van der Waals surface area contributed by atoms with Crippen LogP contribution in [0.25, 0.3) is 0 Å². The number of carbonyl (C=O) groups excluding carboxylic acids is 1. The Morgan fingerprint density at radius 3 is 2.87 bits per heavy atom. The molecule has 0 saturated carbocycles. The summed E-state index contributed by atoms with van der Waals surface area (Å²) in [4.78, 5) is 13.6. The quantitative estimate of drug-likeness (QED) is 0.718. The minimum Gasteiger partial charge on any atom is -0.483 e. The number of carbonyl (C=O) groups is 1. The molecular formula is C11H15NO2S. The van der Waals surface area contributed by atoms with Gasteiger partial charge in [0.1, 0.15) is 6.61 Å². The first kappa shape index (κ1) is 10.6. The van der Waals surface area contributed by atoms with E-state index in [0.717, 1.165) is 29.4 Å². The van der Waals surface area contributed by atoms with Crippen molar-refractivity contribution >= 4 is 17.6 Å². The maximum atomic E-state index is 10.4. The molecule has 15 heavy (non-hydrogen) atoms. The zero-order chi connectivity index (χ0) is 10.5. The molecule has 0 spiro atoms. The Labute approximate surface area is 93.7 Å². The Morgan fingerprint density at radius 2 is 2.20 bits per heavy atom. The molecule has 1 fully saturated rings. The van der Waals surface area contributed by atoms with Crippen LogP contribution in [0, 0.1) is 0 Å². The van der Waals surface area contributed by atoms with E-state index in [4.69, 9.17) is 4.74 Å². The molecule has 0 amide bonds. The predicted octanol–water partition coefficient (Wildman–Crippen LogP) is 2.04. The van der Waals surface area contributed by atoms with Crippen LogP contribution in [-0.4, -0.2) is 37.4 Å². The van der Waals surface area contributed by atoms with Crippen LogP contribution in [0.3, 0.4) is 0 Å². The molecule has 0 atom stereocenters. The van der Waals surface area contributed by atoms with Crippen LogP contribution in [-0.2, 0) is 0 Å². The number of aldehydes is 1. The third-order valence-corrected chi connectivity index (χ3v) is 3.49. The van der Waals surface area contributed by atoms with Gasteiger partial charge in [-0.2, -0.15) is 0 Å². The molecule has 0 unspecified atom stereocenters. The Kier molecular flexibility index (Phi) is 3.75. The highest BCUT2D eigenvalue weighted by atomic mass is 32.1. The zero-order valence-corrected chi connectivity index (χ0v) is 9.46. The summed E-state index contributed by atoms with van der Waals surface area (Å²) in [5, 5.41) is 0.844. The summed E-state index contributed by atoms with van der Waals surface area (Å²) in [6.07, 6.45) is 3.49. The number of likely N-dealkylation sites (tertiary alicyclic amines) is 1. The van der Waals surface area contributed by atoms with E-state index in [0.29, 0.717) is 0 Å². The van der Waals surface area contributed by atoms with Gasteiger partial charge in [-0.15, -0.1) is 0 Å². The van der Waals surface area contributed by atoms with Crippen LogP contribution in [0.4, 0.5) is 0 Å². The smallest absolute Gasteiger partial charge is 0.174 e. The summed E-state index contributed by atoms with van der Waals surface area (Å²) >= 11 is 1.41. The average molecular weight is 225 g/mol. The fourth-order valence-corrected chi connectivity index (χ4v) is 2.45. The lowest BCUT2D eigenvalue weighted by Gasteiger charge is -2.13. The number of hydrogen-bond acceptors (Lipinski definition) is 4. The first-order valence-electron chi connectivity index (χ1n) is 5.28. The first-order valence-corrected chi connectivity index (χ1v) is 6.10. The second-order valence-electron chi connectivity index (χ2n) is 3.67. The van der Waals surface area contributed by atoms with Gasteiger partial charge < -0.3 is 4.74 Å². The van der Waals surface area contributed by atoms with Crippen molar-refractivity contribution in [2.24, 2.45) is 0 Å². The lowest BCUT2D eigenvalue weighted by Crippen LogP contribution is -2.24. The van der Waals surface area contributed by atoms with Gasteiger partial charge in [0, 0.05) is 6.54 Å². The molecule has 0 aliphatic carbocycles. The Morgan fingerprint density at radius 1 is 1.40 bits per heavy atom. The van der Waals surface area contributed by atoms with Crippen LogP contribution in [0.5, 0.6) is 5.06 Å². The molecule has 2 rings (SSSR count). The highest BCUT2D eigenvalue weighted by Gasteiger charge is 2.10. The van der Waals surface area contributed by atoms with Crippen molar-refractivity contribution in [2.45, 2.75) is 12.8 Å². The Bertz CT molecular complexity index is 318. The first-order chi connectivity index (χ1) is 7.38. The fraction of sp³-hybridized carbons (Fsp3) is 0.545. The van der Waals surface area contributed by atoms with Crippen molar-refractivity contribution < 1.29 is 9.53 Å². The monoisotopic (exact) mass is 225 g/mol. The highest BCUT2D eigenvalue weighted by Crippen LogP contribution is 2.22. The van der Waals surface area contributed by atoms with Crippen LogP contribution >= 0.6 is 11.3 Å². The standard InChI is InChI=1S/C11H15NO2S/c13-9-10-3-4-11(15-10)14-8-7-12-5-1-2-6-12/h3-4,9H,1-2,5-8H2. The predicted molar refractivity (Wildman–Crippen MR) is 60.9 cm³/mol. The van der Waals surface area contributed by atoms with Gasteiger partial charge in [-0.25, -0.2) is 0 Å². The SMILES string of the molecule is O=Cc1ccc(OCCN2CCCC2)s1. The van der Waals surface area contributed by atoms with Gasteiger partial charge in [-0.05, 0) is 38.1 Å². The molecule has 1 aliphatic rings. The maximum absolute atomic E-state index is 10.4. The van der Waals surface area contributed by atoms with E-state index in [-0.39, 0.29) is 0 Å². The normalized spacial score (nSPS) is 16.8. The van der Waals surface area contributed by atoms with Gasteiger partial charge in [0.05, 0.1) is 4.88 Å². The number of ether oxygens (including phenoxy) is 1. The second-order valence-corrected chi connectivity index (χ2v) is 4.75. The van der Waals surface area contributed by atoms with E-state index in [1.165, 1.54) is 37.3 Å². The van der Waals surface area contributed by atoms with Crippen molar-refractivity contribution in [3.8, 4) is 5.06 Å². The molecule has 0 radical (unpaired) electrons. The summed E-state index contributed by atoms with van der Waals surface area (Å²) in [6.45, 7) is 4.12. The summed E-state index contributed by atoms with van der Waals surface area (Å²) in [6, 6.07) is 3.65. The van der Waals surface area contributed by atoms with Crippen LogP contribution in [0.1, 0.15) is 22.5 Å². The Balaban J connectivity index is 1.70. The lowest BCUT2D eigenvalue weighted by atomic mass is 10.4. The lowest BCUT2D eigenvalue weighted by molar-refractivity contribution is 0.112. The van der Waals surface area contributed by atoms with Crippen LogP contribution in [0.15, 0.2) is 12.1 Å². The minimum atomic E-state index is 0.721. The topological polar surface area (TPSA) is 29.5 Å². The van der Waals surface area contributed by atoms with Crippen molar-refractivity contribution in [3.05, 3.63) is 17.0 Å². The third kappa shape index (κ3) is 3.04. The van der Waals surface area contributed by atoms with E-state index < -0.39 is 0 Å². The van der Waals surface area contributed by atoms with Gasteiger partial charge in [0.15, 0.2) is 11.3 Å². The molecule has 0 N–H and O–H groups in total. The summed E-state index contributed by atoms with van der Waals surface area (Å²) in [5.41, 5.74) is 0. The third-order valence-electron chi connectivity index (χ3n) is 2.57. The van der Waals surface area contributed by atoms with Gasteiger partial charge in [-0.1, -0.05) is 11.3 Å². The van der Waals surface area contributed by atoms with E-state index in [2.05, 4.69) is 4.90 Å². The fourth-order valence-electron chi connectivity index (χ4n) is 1.76. The van der Waals surface area contributed by atoms with Crippen molar-refractivity contribution in [1.29, 1.82) is 0 Å². The molecule has 2 heterocycles. The minimum absolute atomic E-state index is 0.721. The van der Waals surface area contributed by atoms with Crippen molar-refractivity contribution in [2.75, 3.05) is 26.2 Å². The molecule has 1 aromatic heterocycles. The number of hydrogen-bond donors (Lipinski definition) is 0. The van der Waals surface area contributed by atoms with Gasteiger partial charge in [-0.3, -0.25) is 9.69 Å². The van der Waals surface area contributed by atoms with Gasteiger partial charge in [0.25, 0.3) is 0 Å². The second kappa shape index (κ2) is 5.28. The molecule has 1 saturated heterocycles. The number of nitrogens with zero attached hydrogens (tertiary/aromatic N) is 1. The van der Waals surface area contributed by atoms with E-state index in [1.807, 2.05) is 6.07 Å². The Hall–Kier alpha value is -0.870. The number of rotatable bonds is 5. The summed E-state index contributed by atoms with van der Waals surface area (Å²) in [7, 11) is 0. The molecule has 4 heteroatoms. The zero-order valence-electron chi connectivity index (χ0n) is 8.65. The maximum Gasteiger partial charge on any atom is 0.174 e. The van der Waals surface area contributed by atoms with Gasteiger partial charge >= 0.3 is 0 Å². The average Bonchev–Trinajstić information content (AvgIpc) is 2.88. The van der Waals surface area contributed by atoms with E-state index >= 15 is 0 Å². The molecule has 1 aliphatic heterocycles. The van der Waals surface area contributed by atoms with Gasteiger partial charge in [0.2, 0.25) is 0 Å². The molecule has 3 nitrogen and oxygen atoms in total. The van der Waals surface area contributed by atoms with E-state index in [1.54, 1.807) is 6.07 Å². The largest absolute Gasteiger partial charge is 0.483 e. The molecule has 0 bridgehead atoms. The van der Waals surface area contributed by atoms with Crippen LogP contribution in [0.2, 0.25) is 0 Å². The summed E-state index contributed by atoms with van der Waals surface area (Å²) in [5.74, 6) is 0. The molecule has 0 aromatic carbocycles. The van der Waals surface area contributed by atoms with E-state index in [9.17, 15) is 4.79 Å². The van der Waals surface area contributed by atoms with Crippen LogP contribution < -0.4 is 4.74 Å². The molecule has 82 valence electrons. The van der Waals surface area contributed by atoms with Crippen molar-refractivity contribution in [1.82, 2.24) is 4.90 Å². The number of thiophene rings is 1. The summed E-state index contributed by atoms with van der Waals surface area (Å²) < 4.78 is 5.57. The molecule has 1 aromatic rings.